The molecule has 2 atom stereocenters. The van der Waals surface area contributed by atoms with Gasteiger partial charge in [-0.05, 0) is 69.6 Å². The molecular weight excluding hydrogens is 624 g/mol. The van der Waals surface area contributed by atoms with Gasteiger partial charge < -0.3 is 24.7 Å². The molecule has 6 rings (SSSR count). The van der Waals surface area contributed by atoms with Crippen LogP contribution >= 0.6 is 9.24 Å². The Morgan fingerprint density at radius 3 is 2.63 bits per heavy atom. The molecule has 0 amide bonds. The number of alkyl halides is 1. The first-order chi connectivity index (χ1) is 21.9. The number of nitrogens with zero attached hydrogens (tertiary/aromatic N) is 3. The number of sulfone groups is 1. The molecule has 2 aliphatic carbocycles. The first-order valence-corrected chi connectivity index (χ1v) is 18.5. The third-order valence-electron chi connectivity index (χ3n) is 9.41. The second-order valence-corrected chi connectivity index (χ2v) is 16.7. The van der Waals surface area contributed by atoms with E-state index in [-0.39, 0.29) is 30.3 Å². The smallest absolute Gasteiger partial charge is 0.175 e. The Labute approximate surface area is 273 Å². The minimum absolute atomic E-state index is 0.102. The Kier molecular flexibility index (Phi) is 9.43. The fourth-order valence-electron chi connectivity index (χ4n) is 7.11. The summed E-state index contributed by atoms with van der Waals surface area (Å²) in [5.41, 5.74) is 2.93. The Bertz CT molecular complexity index is 1800. The van der Waals surface area contributed by atoms with Gasteiger partial charge in [-0.15, -0.1) is 0 Å². The molecule has 3 fully saturated rings. The van der Waals surface area contributed by atoms with Crippen LogP contribution in [0.25, 0.3) is 11.8 Å². The van der Waals surface area contributed by atoms with E-state index in [0.717, 1.165) is 61.4 Å². The molecule has 46 heavy (non-hydrogen) atoms. The Hall–Kier alpha value is -3.08. The normalized spacial score (nSPS) is 23.3. The van der Waals surface area contributed by atoms with Crippen LogP contribution in [0.5, 0.6) is 5.75 Å². The predicted molar refractivity (Wildman–Crippen MR) is 180 cm³/mol. The van der Waals surface area contributed by atoms with Crippen molar-refractivity contribution in [3.63, 3.8) is 0 Å². The lowest BCUT2D eigenvalue weighted by Crippen LogP contribution is -2.68. The van der Waals surface area contributed by atoms with Gasteiger partial charge in [0.2, 0.25) is 0 Å². The number of benzene rings is 1. The summed E-state index contributed by atoms with van der Waals surface area (Å²) in [6, 6.07) is 9.59. The van der Waals surface area contributed by atoms with Crippen LogP contribution in [-0.4, -0.2) is 81.1 Å². The number of nitriles is 1. The van der Waals surface area contributed by atoms with Gasteiger partial charge in [-0.3, -0.25) is 4.90 Å². The van der Waals surface area contributed by atoms with Crippen molar-refractivity contribution < 1.29 is 22.3 Å². The summed E-state index contributed by atoms with van der Waals surface area (Å²) in [6.45, 7) is 5.95. The molecule has 1 spiro atoms. The fraction of sp³-hybridized carbons (Fsp3) is 0.559. The van der Waals surface area contributed by atoms with Gasteiger partial charge in [-0.2, -0.15) is 5.26 Å². The summed E-state index contributed by atoms with van der Waals surface area (Å²) in [5, 5.41) is 16.6. The molecule has 2 N–H and O–H groups in total. The van der Waals surface area contributed by atoms with Crippen molar-refractivity contribution in [1.82, 2.24) is 14.8 Å². The number of likely N-dealkylation sites (tertiary alicyclic amines) is 1. The maximum atomic E-state index is 15.0. The van der Waals surface area contributed by atoms with Gasteiger partial charge in [-0.1, -0.05) is 21.2 Å². The highest BCUT2D eigenvalue weighted by molar-refractivity contribution is 7.90. The molecule has 2 unspecified atom stereocenters. The summed E-state index contributed by atoms with van der Waals surface area (Å²) in [4.78, 5) is 2.76. The third kappa shape index (κ3) is 7.39. The van der Waals surface area contributed by atoms with E-state index in [1.165, 1.54) is 43.8 Å². The summed E-state index contributed by atoms with van der Waals surface area (Å²) in [7, 11) is -1.14. The van der Waals surface area contributed by atoms with Crippen LogP contribution in [0.3, 0.4) is 0 Å². The van der Waals surface area contributed by atoms with E-state index in [1.54, 1.807) is 13.0 Å². The molecule has 0 bridgehead atoms. The Morgan fingerprint density at radius 1 is 1.22 bits per heavy atom. The number of ether oxygens (including phenoxy) is 2. The number of halogens is 1. The quantitative estimate of drug-likeness (QED) is 0.295. The van der Waals surface area contributed by atoms with Crippen molar-refractivity contribution in [2.45, 2.75) is 74.4 Å². The lowest BCUT2D eigenvalue weighted by molar-refractivity contribution is -0.200. The van der Waals surface area contributed by atoms with Crippen LogP contribution in [0, 0.1) is 28.6 Å². The largest absolute Gasteiger partial charge is 0.477 e. The van der Waals surface area contributed by atoms with E-state index < -0.39 is 15.2 Å². The lowest BCUT2D eigenvalue weighted by atomic mass is 9.75. The predicted octanol–water partition coefficient (Wildman–Crippen LogP) is 2.73. The van der Waals surface area contributed by atoms with E-state index in [2.05, 4.69) is 48.8 Å². The summed E-state index contributed by atoms with van der Waals surface area (Å²) in [6.07, 6.45) is 9.81. The second-order valence-electron chi connectivity index (χ2n) is 13.5. The fourth-order valence-corrected chi connectivity index (χ4v) is 7.93. The monoisotopic (exact) mass is 667 g/mol. The lowest BCUT2D eigenvalue weighted by Gasteiger charge is -2.58. The number of hydrogen-bond acceptors (Lipinski definition) is 8. The molecule has 3 heterocycles. The summed E-state index contributed by atoms with van der Waals surface area (Å²) in [5.74, 6) is 6.65. The number of nitrogens with one attached hydrogen (secondary N) is 2. The van der Waals surface area contributed by atoms with Gasteiger partial charge in [-0.25, -0.2) is 12.8 Å². The molecule has 2 saturated heterocycles. The number of rotatable bonds is 10. The average Bonchev–Trinajstić information content (AvgIpc) is 3.30. The van der Waals surface area contributed by atoms with Gasteiger partial charge in [0.25, 0.3) is 0 Å². The van der Waals surface area contributed by atoms with E-state index >= 15 is 4.39 Å². The highest BCUT2D eigenvalue weighted by atomic mass is 32.2. The summed E-state index contributed by atoms with van der Waals surface area (Å²) < 4.78 is 51.9. The molecule has 12 heteroatoms. The van der Waals surface area contributed by atoms with Crippen LogP contribution in [-0.2, 0) is 21.1 Å². The maximum Gasteiger partial charge on any atom is 0.175 e. The van der Waals surface area contributed by atoms with Crippen LogP contribution in [0.15, 0.2) is 29.2 Å². The average molecular weight is 668 g/mol. The van der Waals surface area contributed by atoms with Crippen molar-refractivity contribution in [2.75, 3.05) is 51.0 Å². The van der Waals surface area contributed by atoms with Crippen molar-refractivity contribution in [3.8, 4) is 23.7 Å². The Morgan fingerprint density at radius 2 is 1.98 bits per heavy atom. The second kappa shape index (κ2) is 13.2. The molecule has 0 radical (unpaired) electrons. The zero-order valence-corrected chi connectivity index (χ0v) is 28.5. The maximum absolute atomic E-state index is 15.0. The molecule has 2 aliphatic heterocycles. The minimum atomic E-state index is -3.44. The first-order valence-electron chi connectivity index (χ1n) is 16.0. The minimum Gasteiger partial charge on any atom is -0.477 e. The topological polar surface area (TPSA) is 109 Å². The number of anilines is 1. The first kappa shape index (κ1) is 32.8. The number of fused-ring (bicyclic) bond motifs is 1. The highest BCUT2D eigenvalue weighted by Crippen LogP contribution is 2.41. The van der Waals surface area contributed by atoms with Gasteiger partial charge in [0, 0.05) is 59.2 Å². The molecule has 9 nitrogen and oxygen atoms in total. The number of hydrogen-bond donors (Lipinski definition) is 2. The van der Waals surface area contributed by atoms with Crippen molar-refractivity contribution >= 4 is 36.5 Å². The standard InChI is InChI=1S/C34H43FN5O4PS/c1-33(35,45)19-40-26(5-4-15-37-30-13-12-27(46(2,41)42)18-32(30)44-16-14-36)17-28-29(6-3-7-31(28)40)38-24-8-10-25(11-9-24)39-20-34(21-39)22-43-23-34/h7,12-13,17-18,24-25,37-38H,3,6,8-11,15-16,19-23,45H2,1-2H3. The molecular formula is C34H43FN5O4PS. The van der Waals surface area contributed by atoms with E-state index in [0.29, 0.717) is 23.2 Å². The van der Waals surface area contributed by atoms with E-state index in [9.17, 15) is 8.42 Å². The van der Waals surface area contributed by atoms with Crippen molar-refractivity contribution in [2.24, 2.45) is 5.41 Å². The molecule has 1 aromatic carbocycles. The van der Waals surface area contributed by atoms with Gasteiger partial charge in [0.1, 0.15) is 17.2 Å². The van der Waals surface area contributed by atoms with Gasteiger partial charge >= 0.3 is 0 Å². The van der Waals surface area contributed by atoms with E-state index in [1.807, 2.05) is 10.6 Å². The zero-order chi connectivity index (χ0) is 32.5. The van der Waals surface area contributed by atoms with Gasteiger partial charge in [0.15, 0.2) is 16.4 Å². The molecule has 1 aromatic heterocycles. The van der Waals surface area contributed by atoms with E-state index in [4.69, 9.17) is 14.7 Å². The third-order valence-corrected chi connectivity index (χ3v) is 10.7. The van der Waals surface area contributed by atoms with Crippen molar-refractivity contribution in [1.29, 1.82) is 5.26 Å². The van der Waals surface area contributed by atoms with Crippen LogP contribution in [0.2, 0.25) is 0 Å². The molecule has 2 aromatic rings. The zero-order valence-electron chi connectivity index (χ0n) is 26.6. The Balaban J connectivity index is 1.17. The van der Waals surface area contributed by atoms with Gasteiger partial charge in [0.05, 0.1) is 42.6 Å². The summed E-state index contributed by atoms with van der Waals surface area (Å²) >= 11 is 0. The molecule has 4 aliphatic rings. The molecule has 246 valence electrons. The molecule has 1 saturated carbocycles. The van der Waals surface area contributed by atoms with Crippen LogP contribution < -0.4 is 25.9 Å². The van der Waals surface area contributed by atoms with Crippen LogP contribution in [0.4, 0.5) is 10.1 Å². The van der Waals surface area contributed by atoms with Crippen LogP contribution in [0.1, 0.15) is 51.1 Å². The SMILES string of the molecule is CC(F)(P)Cn1c(C#CCNc2ccc(S(C)(=O)=O)cc2OCC#N)cc2c1=CCCC=2NC1CCC(N2CC3(COC3)C2)CC1. The van der Waals surface area contributed by atoms with Crippen molar-refractivity contribution in [3.05, 3.63) is 40.5 Å². The highest BCUT2D eigenvalue weighted by Gasteiger charge is 2.50. The number of aromatic nitrogens is 1.